The van der Waals surface area contributed by atoms with Gasteiger partial charge in [0.1, 0.15) is 6.04 Å². The summed E-state index contributed by atoms with van der Waals surface area (Å²) in [5, 5.41) is 3.52. The average Bonchev–Trinajstić information content (AvgIpc) is 2.87. The number of carbonyl (C=O) groups is 2. The van der Waals surface area contributed by atoms with Gasteiger partial charge >= 0.3 is 6.18 Å². The highest BCUT2D eigenvalue weighted by Gasteiger charge is 2.32. The first-order valence-corrected chi connectivity index (χ1v) is 15.4. The summed E-state index contributed by atoms with van der Waals surface area (Å²) in [4.78, 5) is 28.0. The second-order valence-electron chi connectivity index (χ2n) is 9.50. The van der Waals surface area contributed by atoms with Crippen LogP contribution in [-0.4, -0.2) is 50.0 Å². The summed E-state index contributed by atoms with van der Waals surface area (Å²) in [5.74, 6) is -0.748. The first-order chi connectivity index (χ1) is 18.6. The van der Waals surface area contributed by atoms with E-state index in [2.05, 4.69) is 5.32 Å². The fraction of sp³-hybridized carbons (Fsp3) is 0.481. The number of nitrogens with zero attached hydrogens (tertiary/aromatic N) is 2. The summed E-state index contributed by atoms with van der Waals surface area (Å²) in [6, 6.07) is 7.94. The maximum Gasteiger partial charge on any atom is 0.416 e. The predicted molar refractivity (Wildman–Crippen MR) is 152 cm³/mol. The SMILES string of the molecule is CC[C@@H](C)NC(=O)[C@@H](CC)N(Cc1ccc(Cl)c(Cl)c1)C(=O)CCCN(c1cccc(C(F)(F)F)c1)S(C)(=O)=O. The molecule has 0 spiro atoms. The van der Waals surface area contributed by atoms with Crippen LogP contribution in [0.5, 0.6) is 0 Å². The van der Waals surface area contributed by atoms with Crippen LogP contribution in [0.4, 0.5) is 18.9 Å². The van der Waals surface area contributed by atoms with E-state index >= 15 is 0 Å². The zero-order valence-corrected chi connectivity index (χ0v) is 25.1. The molecule has 0 aliphatic rings. The third kappa shape index (κ3) is 9.55. The van der Waals surface area contributed by atoms with Crippen molar-refractivity contribution in [2.75, 3.05) is 17.1 Å². The van der Waals surface area contributed by atoms with Gasteiger partial charge in [-0.05, 0) is 62.1 Å². The Kier molecular flexibility index (Phi) is 12.1. The molecule has 40 heavy (non-hydrogen) atoms. The number of halogens is 5. The molecule has 0 unspecified atom stereocenters. The molecule has 0 radical (unpaired) electrons. The van der Waals surface area contributed by atoms with Crippen molar-refractivity contribution in [1.29, 1.82) is 0 Å². The van der Waals surface area contributed by atoms with E-state index in [1.54, 1.807) is 25.1 Å². The van der Waals surface area contributed by atoms with Gasteiger partial charge in [0.05, 0.1) is 27.6 Å². The molecule has 2 amide bonds. The van der Waals surface area contributed by atoms with Crippen LogP contribution in [0.15, 0.2) is 42.5 Å². The second-order valence-corrected chi connectivity index (χ2v) is 12.2. The maximum atomic E-state index is 13.5. The van der Waals surface area contributed by atoms with Crippen LogP contribution in [0.1, 0.15) is 57.6 Å². The highest BCUT2D eigenvalue weighted by Crippen LogP contribution is 2.32. The number of nitrogens with one attached hydrogen (secondary N) is 1. The van der Waals surface area contributed by atoms with Gasteiger partial charge in [0.15, 0.2) is 0 Å². The van der Waals surface area contributed by atoms with Gasteiger partial charge in [-0.2, -0.15) is 13.2 Å². The molecule has 0 heterocycles. The molecule has 222 valence electrons. The summed E-state index contributed by atoms with van der Waals surface area (Å²) in [7, 11) is -3.96. The van der Waals surface area contributed by atoms with Crippen molar-refractivity contribution in [3.8, 4) is 0 Å². The number of hydrogen-bond acceptors (Lipinski definition) is 4. The Morgan fingerprint density at radius 1 is 1.02 bits per heavy atom. The van der Waals surface area contributed by atoms with E-state index in [9.17, 15) is 31.2 Å². The molecule has 7 nitrogen and oxygen atoms in total. The third-order valence-corrected chi connectivity index (χ3v) is 8.27. The molecule has 2 rings (SSSR count). The molecular weight excluding hydrogens is 590 g/mol. The molecule has 0 aliphatic carbocycles. The quantitative estimate of drug-likeness (QED) is 0.284. The zero-order chi connectivity index (χ0) is 30.3. The fourth-order valence-electron chi connectivity index (χ4n) is 4.04. The van der Waals surface area contributed by atoms with Crippen LogP contribution in [0.25, 0.3) is 0 Å². The molecule has 1 N–H and O–H groups in total. The molecule has 0 aliphatic heterocycles. The van der Waals surface area contributed by atoms with Gasteiger partial charge in [-0.3, -0.25) is 13.9 Å². The summed E-state index contributed by atoms with van der Waals surface area (Å²) >= 11 is 12.2. The van der Waals surface area contributed by atoms with Crippen LogP contribution < -0.4 is 9.62 Å². The molecule has 0 bridgehead atoms. The summed E-state index contributed by atoms with van der Waals surface area (Å²) in [6.07, 6.45) is -2.90. The Morgan fingerprint density at radius 3 is 2.25 bits per heavy atom. The van der Waals surface area contributed by atoms with Crippen molar-refractivity contribution in [2.24, 2.45) is 0 Å². The van der Waals surface area contributed by atoms with Gasteiger partial charge in [-0.1, -0.05) is 49.2 Å². The first-order valence-electron chi connectivity index (χ1n) is 12.8. The Morgan fingerprint density at radius 2 is 1.70 bits per heavy atom. The molecule has 0 saturated carbocycles. The minimum Gasteiger partial charge on any atom is -0.352 e. The average molecular weight is 625 g/mol. The van der Waals surface area contributed by atoms with Crippen LogP contribution >= 0.6 is 23.2 Å². The van der Waals surface area contributed by atoms with Crippen LogP contribution in [-0.2, 0) is 32.3 Å². The number of hydrogen-bond donors (Lipinski definition) is 1. The summed E-state index contributed by atoms with van der Waals surface area (Å²) < 4.78 is 65.4. The predicted octanol–water partition coefficient (Wildman–Crippen LogP) is 6.28. The molecule has 2 aromatic rings. The Balaban J connectivity index is 2.29. The normalized spacial score (nSPS) is 13.4. The highest BCUT2D eigenvalue weighted by atomic mass is 35.5. The molecule has 0 fully saturated rings. The monoisotopic (exact) mass is 623 g/mol. The van der Waals surface area contributed by atoms with Gasteiger partial charge in [0.25, 0.3) is 0 Å². The van der Waals surface area contributed by atoms with Crippen molar-refractivity contribution in [2.45, 2.75) is 71.3 Å². The topological polar surface area (TPSA) is 86.8 Å². The van der Waals surface area contributed by atoms with Crippen molar-refractivity contribution in [1.82, 2.24) is 10.2 Å². The summed E-state index contributed by atoms with van der Waals surface area (Å²) in [5.41, 5.74) is -0.503. The highest BCUT2D eigenvalue weighted by molar-refractivity contribution is 7.92. The van der Waals surface area contributed by atoms with E-state index < -0.39 is 33.7 Å². The molecule has 2 aromatic carbocycles. The number of rotatable bonds is 13. The second kappa shape index (κ2) is 14.4. The van der Waals surface area contributed by atoms with E-state index in [4.69, 9.17) is 23.2 Å². The van der Waals surface area contributed by atoms with E-state index in [0.29, 0.717) is 23.4 Å². The van der Waals surface area contributed by atoms with Gasteiger partial charge < -0.3 is 10.2 Å². The lowest BCUT2D eigenvalue weighted by molar-refractivity contribution is -0.141. The van der Waals surface area contributed by atoms with Crippen molar-refractivity contribution >= 4 is 50.7 Å². The lowest BCUT2D eigenvalue weighted by Crippen LogP contribution is -2.50. The Labute approximate surface area is 243 Å². The molecule has 0 saturated heterocycles. The Bertz CT molecular complexity index is 1290. The lowest BCUT2D eigenvalue weighted by atomic mass is 10.1. The van der Waals surface area contributed by atoms with E-state index in [0.717, 1.165) is 28.8 Å². The van der Waals surface area contributed by atoms with Crippen LogP contribution in [0, 0.1) is 0 Å². The number of carbonyl (C=O) groups excluding carboxylic acids is 2. The molecule has 0 aromatic heterocycles. The van der Waals surface area contributed by atoms with Crippen molar-refractivity contribution in [3.63, 3.8) is 0 Å². The number of sulfonamides is 1. The first kappa shape index (κ1) is 33.7. The van der Waals surface area contributed by atoms with Gasteiger partial charge in [-0.15, -0.1) is 0 Å². The fourth-order valence-corrected chi connectivity index (χ4v) is 5.31. The number of alkyl halides is 3. The minimum absolute atomic E-state index is 0.00341. The van der Waals surface area contributed by atoms with E-state index in [1.807, 2.05) is 13.8 Å². The van der Waals surface area contributed by atoms with Gasteiger partial charge in [0, 0.05) is 25.6 Å². The standard InChI is InChI=1S/C27H34Cl2F3N3O4S/c1-5-18(3)33-26(37)24(6-2)34(17-19-12-13-22(28)23(29)15-19)25(36)11-8-14-35(40(4,38)39)21-10-7-9-20(16-21)27(30,31)32/h7,9-10,12-13,15-16,18,24H,5-6,8,11,14,17H2,1-4H3,(H,33,37)/t18-,24-/m1/s1. The Hall–Kier alpha value is -2.50. The minimum atomic E-state index is -4.65. The zero-order valence-electron chi connectivity index (χ0n) is 22.8. The number of amides is 2. The van der Waals surface area contributed by atoms with E-state index in [-0.39, 0.29) is 48.6 Å². The largest absolute Gasteiger partial charge is 0.416 e. The number of benzene rings is 2. The molecular formula is C27H34Cl2F3N3O4S. The molecule has 2 atom stereocenters. The summed E-state index contributed by atoms with van der Waals surface area (Å²) in [6.45, 7) is 5.36. The van der Waals surface area contributed by atoms with Gasteiger partial charge in [-0.25, -0.2) is 8.42 Å². The van der Waals surface area contributed by atoms with Gasteiger partial charge in [0.2, 0.25) is 21.8 Å². The lowest BCUT2D eigenvalue weighted by Gasteiger charge is -2.32. The number of anilines is 1. The van der Waals surface area contributed by atoms with Crippen molar-refractivity contribution in [3.05, 3.63) is 63.6 Å². The van der Waals surface area contributed by atoms with Crippen LogP contribution in [0.3, 0.4) is 0 Å². The van der Waals surface area contributed by atoms with E-state index in [1.165, 1.54) is 11.0 Å². The molecule has 13 heteroatoms. The van der Waals surface area contributed by atoms with Crippen LogP contribution in [0.2, 0.25) is 10.0 Å². The van der Waals surface area contributed by atoms with Crippen molar-refractivity contribution < 1.29 is 31.2 Å². The maximum absolute atomic E-state index is 13.5. The smallest absolute Gasteiger partial charge is 0.352 e. The third-order valence-electron chi connectivity index (χ3n) is 6.34.